The Balaban J connectivity index is 1.54. The fourth-order valence-electron chi connectivity index (χ4n) is 3.43. The van der Waals surface area contributed by atoms with Crippen molar-refractivity contribution < 1.29 is 18.7 Å². The Morgan fingerprint density at radius 2 is 2.04 bits per heavy atom. The highest BCUT2D eigenvalue weighted by molar-refractivity contribution is 5.93. The molecule has 1 saturated heterocycles. The van der Waals surface area contributed by atoms with Crippen molar-refractivity contribution in [3.63, 3.8) is 0 Å². The summed E-state index contributed by atoms with van der Waals surface area (Å²) in [7, 11) is 0. The first-order chi connectivity index (χ1) is 13.5. The molecule has 0 spiro atoms. The molecule has 2 aliphatic rings. The van der Waals surface area contributed by atoms with Crippen LogP contribution in [0.5, 0.6) is 5.88 Å². The van der Waals surface area contributed by atoms with E-state index in [1.165, 1.54) is 19.1 Å². The van der Waals surface area contributed by atoms with Crippen molar-refractivity contribution in [3.8, 4) is 5.88 Å². The molecule has 0 bridgehead atoms. The number of pyridine rings is 1. The maximum absolute atomic E-state index is 12.8. The number of nitrogens with one attached hydrogen (secondary N) is 1. The van der Waals surface area contributed by atoms with Crippen LogP contribution in [0.15, 0.2) is 29.0 Å². The molecule has 150 valence electrons. The maximum atomic E-state index is 12.8. The van der Waals surface area contributed by atoms with Crippen LogP contribution in [0.2, 0.25) is 0 Å². The third-order valence-corrected chi connectivity index (χ3v) is 5.33. The minimum atomic E-state index is -0.739. The molecule has 2 aromatic rings. The van der Waals surface area contributed by atoms with E-state index in [9.17, 15) is 4.79 Å². The van der Waals surface area contributed by atoms with Gasteiger partial charge in [-0.3, -0.25) is 4.79 Å². The molecule has 2 aromatic heterocycles. The summed E-state index contributed by atoms with van der Waals surface area (Å²) in [5, 5.41) is 2.95. The van der Waals surface area contributed by atoms with Crippen LogP contribution in [0.3, 0.4) is 0 Å². The van der Waals surface area contributed by atoms with Gasteiger partial charge < -0.3 is 19.2 Å². The first-order valence-electron chi connectivity index (χ1n) is 9.97. The van der Waals surface area contributed by atoms with Crippen molar-refractivity contribution in [1.82, 2.24) is 15.3 Å². The van der Waals surface area contributed by atoms with E-state index >= 15 is 0 Å². The molecule has 1 saturated carbocycles. The van der Waals surface area contributed by atoms with E-state index in [0.717, 1.165) is 31.6 Å². The molecular weight excluding hydrogens is 358 g/mol. The number of amides is 1. The summed E-state index contributed by atoms with van der Waals surface area (Å²) in [6.45, 7) is 5.85. The van der Waals surface area contributed by atoms with Gasteiger partial charge in [0.05, 0.1) is 12.8 Å². The smallest absolute Gasteiger partial charge is 0.270 e. The standard InChI is InChI=1S/C21H27N3O4/c1-21(2,20-22-9-12-27-20)24-18(25)17-6-5-16(15-7-10-26-11-8-15)19(23-17)28-13-14-3-4-14/h5-6,9,12,14-15H,3-4,7-8,10-11,13H2,1-2H3,(H,24,25). The highest BCUT2D eigenvalue weighted by Gasteiger charge is 2.30. The Bertz CT molecular complexity index is 809. The number of nitrogens with zero attached hydrogens (tertiary/aromatic N) is 2. The van der Waals surface area contributed by atoms with Gasteiger partial charge in [0.2, 0.25) is 11.8 Å². The monoisotopic (exact) mass is 385 g/mol. The van der Waals surface area contributed by atoms with Gasteiger partial charge in [-0.15, -0.1) is 0 Å². The van der Waals surface area contributed by atoms with Gasteiger partial charge in [-0.25, -0.2) is 9.97 Å². The number of oxazole rings is 1. The summed E-state index contributed by atoms with van der Waals surface area (Å²) in [4.78, 5) is 21.6. The molecule has 7 heteroatoms. The molecule has 0 unspecified atom stereocenters. The molecule has 1 aliphatic carbocycles. The molecule has 4 rings (SSSR count). The number of aromatic nitrogens is 2. The van der Waals surface area contributed by atoms with Crippen molar-refractivity contribution in [2.24, 2.45) is 5.92 Å². The molecule has 7 nitrogen and oxygen atoms in total. The molecule has 0 aromatic carbocycles. The minimum absolute atomic E-state index is 0.280. The van der Waals surface area contributed by atoms with Crippen molar-refractivity contribution >= 4 is 5.91 Å². The summed E-state index contributed by atoms with van der Waals surface area (Å²) < 4.78 is 16.9. The van der Waals surface area contributed by atoms with Gasteiger partial charge >= 0.3 is 0 Å². The van der Waals surface area contributed by atoms with Crippen LogP contribution >= 0.6 is 0 Å². The molecule has 1 amide bonds. The first-order valence-corrected chi connectivity index (χ1v) is 9.97. The van der Waals surface area contributed by atoms with Crippen LogP contribution < -0.4 is 10.1 Å². The molecule has 1 aliphatic heterocycles. The van der Waals surface area contributed by atoms with Gasteiger partial charge in [-0.2, -0.15) is 0 Å². The Morgan fingerprint density at radius 3 is 2.71 bits per heavy atom. The maximum Gasteiger partial charge on any atom is 0.270 e. The quantitative estimate of drug-likeness (QED) is 0.786. The Kier molecular flexibility index (Phi) is 5.35. The van der Waals surface area contributed by atoms with Gasteiger partial charge in [0.1, 0.15) is 17.5 Å². The van der Waals surface area contributed by atoms with E-state index in [1.54, 1.807) is 12.3 Å². The van der Waals surface area contributed by atoms with E-state index in [2.05, 4.69) is 15.3 Å². The second kappa shape index (κ2) is 7.91. The topological polar surface area (TPSA) is 86.5 Å². The minimum Gasteiger partial charge on any atom is -0.477 e. The number of hydrogen-bond donors (Lipinski definition) is 1. The summed E-state index contributed by atoms with van der Waals surface area (Å²) in [5.41, 5.74) is 0.671. The van der Waals surface area contributed by atoms with Crippen molar-refractivity contribution in [2.45, 2.75) is 51.0 Å². The van der Waals surface area contributed by atoms with Crippen LogP contribution in [-0.2, 0) is 10.3 Å². The van der Waals surface area contributed by atoms with Gasteiger partial charge in [-0.05, 0) is 57.4 Å². The highest BCUT2D eigenvalue weighted by Crippen LogP contribution is 2.35. The molecule has 2 fully saturated rings. The van der Waals surface area contributed by atoms with Crippen molar-refractivity contribution in [1.29, 1.82) is 0 Å². The van der Waals surface area contributed by atoms with E-state index in [0.29, 0.717) is 35.9 Å². The third kappa shape index (κ3) is 4.35. The Hall–Kier alpha value is -2.41. The molecule has 0 radical (unpaired) electrons. The number of carbonyl (C=O) groups excluding carboxylic acids is 1. The average Bonchev–Trinajstić information content (AvgIpc) is 3.35. The second-order valence-electron chi connectivity index (χ2n) is 8.15. The first kappa shape index (κ1) is 18.9. The van der Waals surface area contributed by atoms with E-state index in [-0.39, 0.29) is 5.91 Å². The molecule has 28 heavy (non-hydrogen) atoms. The van der Waals surface area contributed by atoms with E-state index in [4.69, 9.17) is 13.9 Å². The van der Waals surface area contributed by atoms with E-state index < -0.39 is 5.54 Å². The summed E-state index contributed by atoms with van der Waals surface area (Å²) in [5.74, 6) is 1.73. The lowest BCUT2D eigenvalue weighted by Crippen LogP contribution is -2.41. The SMILES string of the molecule is CC(C)(NC(=O)c1ccc(C2CCOCC2)c(OCC2CC2)n1)c1ncco1. The normalized spacial score (nSPS) is 18.1. The predicted octanol–water partition coefficient (Wildman–Crippen LogP) is 3.42. The van der Waals surface area contributed by atoms with Crippen molar-refractivity contribution in [3.05, 3.63) is 41.7 Å². The number of hydrogen-bond acceptors (Lipinski definition) is 6. The van der Waals surface area contributed by atoms with Crippen molar-refractivity contribution in [2.75, 3.05) is 19.8 Å². The number of rotatable bonds is 7. The zero-order valence-electron chi connectivity index (χ0n) is 16.4. The summed E-state index contributed by atoms with van der Waals surface area (Å²) in [6, 6.07) is 3.76. The van der Waals surface area contributed by atoms with Gasteiger partial charge in [0.15, 0.2) is 0 Å². The molecule has 3 heterocycles. The number of carbonyl (C=O) groups is 1. The van der Waals surface area contributed by atoms with Gasteiger partial charge in [-0.1, -0.05) is 6.07 Å². The molecule has 0 atom stereocenters. The van der Waals surface area contributed by atoms with Gasteiger partial charge in [0.25, 0.3) is 5.91 Å². The van der Waals surface area contributed by atoms with Crippen LogP contribution in [0.25, 0.3) is 0 Å². The fraction of sp³-hybridized carbons (Fsp3) is 0.571. The lowest BCUT2D eigenvalue weighted by molar-refractivity contribution is 0.0841. The second-order valence-corrected chi connectivity index (χ2v) is 8.15. The van der Waals surface area contributed by atoms with Crippen LogP contribution in [0.4, 0.5) is 0 Å². The van der Waals surface area contributed by atoms with Gasteiger partial charge in [0, 0.05) is 18.8 Å². The zero-order valence-corrected chi connectivity index (χ0v) is 16.4. The average molecular weight is 385 g/mol. The lowest BCUT2D eigenvalue weighted by atomic mass is 9.92. The van der Waals surface area contributed by atoms with Crippen LogP contribution in [0, 0.1) is 5.92 Å². The summed E-state index contributed by atoms with van der Waals surface area (Å²) >= 11 is 0. The predicted molar refractivity (Wildman–Crippen MR) is 102 cm³/mol. The largest absolute Gasteiger partial charge is 0.477 e. The molecular formula is C21H27N3O4. The number of ether oxygens (including phenoxy) is 2. The Labute approximate surface area is 164 Å². The zero-order chi connectivity index (χ0) is 19.6. The molecule has 1 N–H and O–H groups in total. The lowest BCUT2D eigenvalue weighted by Gasteiger charge is -2.25. The Morgan fingerprint density at radius 1 is 1.25 bits per heavy atom. The third-order valence-electron chi connectivity index (χ3n) is 5.33. The highest BCUT2D eigenvalue weighted by atomic mass is 16.5. The van der Waals surface area contributed by atoms with Crippen LogP contribution in [0.1, 0.15) is 67.4 Å². The van der Waals surface area contributed by atoms with E-state index in [1.807, 2.05) is 19.9 Å². The summed E-state index contributed by atoms with van der Waals surface area (Å²) in [6.07, 6.45) is 7.37. The fourth-order valence-corrected chi connectivity index (χ4v) is 3.43. The van der Waals surface area contributed by atoms with Crippen LogP contribution in [-0.4, -0.2) is 35.7 Å².